The first-order valence-electron chi connectivity index (χ1n) is 11.5. The number of hydrogen-bond donors (Lipinski definition) is 3. The Bertz CT molecular complexity index is 1040. The molecular formula is C25H37N5+2. The number of para-hydroxylation sites is 2. The quantitative estimate of drug-likeness (QED) is 0.356. The number of aromatic amines is 1. The van der Waals surface area contributed by atoms with Crippen LogP contribution in [0.2, 0.25) is 0 Å². The predicted octanol–water partition coefficient (Wildman–Crippen LogP) is 3.40. The molecule has 0 aliphatic rings. The van der Waals surface area contributed by atoms with Gasteiger partial charge < -0.3 is 10.2 Å². The lowest BCUT2D eigenvalue weighted by Gasteiger charge is -2.17. The van der Waals surface area contributed by atoms with Crippen LogP contribution in [0.1, 0.15) is 57.2 Å². The highest BCUT2D eigenvalue weighted by molar-refractivity contribution is 5.78. The first-order valence-corrected chi connectivity index (χ1v) is 11.5. The number of anilines is 1. The average Bonchev–Trinajstić information content (AvgIpc) is 3.12. The van der Waals surface area contributed by atoms with Crippen LogP contribution in [0.25, 0.3) is 16.7 Å². The summed E-state index contributed by atoms with van der Waals surface area (Å²) in [6.07, 6.45) is 3.22. The monoisotopic (exact) mass is 407 g/mol. The van der Waals surface area contributed by atoms with Gasteiger partial charge in [0.25, 0.3) is 0 Å². The Morgan fingerprint density at radius 1 is 1.20 bits per heavy atom. The van der Waals surface area contributed by atoms with Crippen molar-refractivity contribution >= 4 is 22.5 Å². The molecule has 2 aromatic heterocycles. The second-order valence-electron chi connectivity index (χ2n) is 8.69. The van der Waals surface area contributed by atoms with Crippen molar-refractivity contribution in [3.05, 3.63) is 41.0 Å². The number of benzene rings is 1. The number of pyridine rings is 1. The molecular weight excluding hydrogens is 370 g/mol. The summed E-state index contributed by atoms with van der Waals surface area (Å²) < 4.78 is 2.24. The molecule has 0 atom stereocenters. The third-order valence-electron chi connectivity index (χ3n) is 6.28. The third-order valence-corrected chi connectivity index (χ3v) is 6.28. The molecule has 30 heavy (non-hydrogen) atoms. The maximum absolute atomic E-state index is 9.96. The molecule has 5 nitrogen and oxygen atoms in total. The second-order valence-corrected chi connectivity index (χ2v) is 8.69. The van der Waals surface area contributed by atoms with Crippen molar-refractivity contribution < 1.29 is 9.30 Å². The molecule has 1 aromatic carbocycles. The number of rotatable bonds is 10. The molecule has 0 saturated heterocycles. The van der Waals surface area contributed by atoms with Crippen molar-refractivity contribution in [3.8, 4) is 6.07 Å². The minimum absolute atomic E-state index is 0.623. The fraction of sp³-hybridized carbons (Fsp3) is 0.520. The van der Waals surface area contributed by atoms with Gasteiger partial charge in [0.05, 0.1) is 26.2 Å². The van der Waals surface area contributed by atoms with Crippen molar-refractivity contribution in [1.82, 2.24) is 4.98 Å². The first kappa shape index (κ1) is 22.1. The lowest BCUT2D eigenvalue weighted by Crippen LogP contribution is -3.11. The Labute approximate surface area is 180 Å². The molecule has 0 amide bonds. The molecule has 0 saturated carbocycles. The van der Waals surface area contributed by atoms with E-state index in [2.05, 4.69) is 73.6 Å². The van der Waals surface area contributed by atoms with E-state index in [4.69, 9.17) is 0 Å². The number of quaternary nitrogens is 1. The number of nitriles is 1. The molecule has 2 heterocycles. The average molecular weight is 408 g/mol. The van der Waals surface area contributed by atoms with Crippen LogP contribution in [0.15, 0.2) is 24.3 Å². The van der Waals surface area contributed by atoms with E-state index in [1.165, 1.54) is 25.2 Å². The minimum atomic E-state index is 0.623. The lowest BCUT2D eigenvalue weighted by atomic mass is 9.97. The maximum Gasteiger partial charge on any atom is 0.250 e. The van der Waals surface area contributed by atoms with E-state index in [0.29, 0.717) is 5.92 Å². The fourth-order valence-electron chi connectivity index (χ4n) is 4.34. The molecule has 3 aromatic rings. The minimum Gasteiger partial charge on any atom is -0.335 e. The van der Waals surface area contributed by atoms with E-state index >= 15 is 0 Å². The van der Waals surface area contributed by atoms with Crippen molar-refractivity contribution in [2.75, 3.05) is 31.5 Å². The zero-order valence-corrected chi connectivity index (χ0v) is 19.2. The Kier molecular flexibility index (Phi) is 7.33. The van der Waals surface area contributed by atoms with Gasteiger partial charge in [-0.25, -0.2) is 0 Å². The summed E-state index contributed by atoms with van der Waals surface area (Å²) in [6.45, 7) is 15.6. The Morgan fingerprint density at radius 3 is 2.60 bits per heavy atom. The summed E-state index contributed by atoms with van der Waals surface area (Å²) in [5.74, 6) is 1.77. The Morgan fingerprint density at radius 2 is 1.93 bits per heavy atom. The van der Waals surface area contributed by atoms with Crippen LogP contribution in [0.4, 0.5) is 5.82 Å². The van der Waals surface area contributed by atoms with Gasteiger partial charge in [-0.05, 0) is 57.2 Å². The summed E-state index contributed by atoms with van der Waals surface area (Å²) in [6, 6.07) is 10.8. The van der Waals surface area contributed by atoms with E-state index in [1.807, 2.05) is 6.07 Å². The molecule has 0 fully saturated rings. The predicted molar refractivity (Wildman–Crippen MR) is 124 cm³/mol. The summed E-state index contributed by atoms with van der Waals surface area (Å²) in [5, 5.41) is 13.7. The molecule has 0 bridgehead atoms. The number of fused-ring (bicyclic) bond motifs is 3. The van der Waals surface area contributed by atoms with E-state index in [-0.39, 0.29) is 0 Å². The molecule has 3 rings (SSSR count). The normalized spacial score (nSPS) is 11.7. The van der Waals surface area contributed by atoms with Crippen molar-refractivity contribution in [2.45, 2.75) is 53.9 Å². The molecule has 0 spiro atoms. The molecule has 5 heteroatoms. The van der Waals surface area contributed by atoms with Crippen molar-refractivity contribution in [2.24, 2.45) is 5.92 Å². The van der Waals surface area contributed by atoms with Gasteiger partial charge in [0.15, 0.2) is 0 Å². The topological polar surface area (TPSA) is 60.1 Å². The zero-order valence-electron chi connectivity index (χ0n) is 19.2. The zero-order chi connectivity index (χ0) is 21.7. The van der Waals surface area contributed by atoms with Gasteiger partial charge in [-0.2, -0.15) is 9.66 Å². The number of imidazole rings is 1. The number of nitrogens with one attached hydrogen (secondary N) is 3. The number of H-pyrrole nitrogens is 1. The molecule has 0 aliphatic carbocycles. The fourth-order valence-corrected chi connectivity index (χ4v) is 4.34. The van der Waals surface area contributed by atoms with Crippen molar-refractivity contribution in [1.29, 1.82) is 5.26 Å². The first-order chi connectivity index (χ1) is 14.5. The van der Waals surface area contributed by atoms with Gasteiger partial charge in [-0.3, -0.25) is 4.98 Å². The summed E-state index contributed by atoms with van der Waals surface area (Å²) in [7, 11) is 0. The molecule has 3 N–H and O–H groups in total. The highest BCUT2D eigenvalue weighted by Gasteiger charge is 2.25. The van der Waals surface area contributed by atoms with Gasteiger partial charge >= 0.3 is 0 Å². The highest BCUT2D eigenvalue weighted by Crippen LogP contribution is 2.27. The highest BCUT2D eigenvalue weighted by atomic mass is 15.1. The van der Waals surface area contributed by atoms with Crippen LogP contribution in [-0.4, -0.2) is 31.2 Å². The van der Waals surface area contributed by atoms with E-state index < -0.39 is 0 Å². The molecule has 0 radical (unpaired) electrons. The molecule has 160 valence electrons. The van der Waals surface area contributed by atoms with Crippen LogP contribution in [-0.2, 0) is 6.42 Å². The van der Waals surface area contributed by atoms with Crippen LogP contribution in [0, 0.1) is 24.2 Å². The Balaban J connectivity index is 2.08. The van der Waals surface area contributed by atoms with Gasteiger partial charge in [0, 0.05) is 12.0 Å². The van der Waals surface area contributed by atoms with E-state index in [1.54, 1.807) is 4.90 Å². The van der Waals surface area contributed by atoms with Crippen molar-refractivity contribution in [3.63, 3.8) is 0 Å². The molecule has 0 unspecified atom stereocenters. The number of hydrogen-bond acceptors (Lipinski definition) is 2. The summed E-state index contributed by atoms with van der Waals surface area (Å²) >= 11 is 0. The van der Waals surface area contributed by atoms with Crippen LogP contribution in [0.3, 0.4) is 0 Å². The van der Waals surface area contributed by atoms with Gasteiger partial charge in [-0.15, -0.1) is 0 Å². The van der Waals surface area contributed by atoms with Gasteiger partial charge in [0.1, 0.15) is 22.7 Å². The summed E-state index contributed by atoms with van der Waals surface area (Å²) in [4.78, 5) is 5.13. The number of nitrogens with zero attached hydrogens (tertiary/aromatic N) is 2. The standard InChI is InChI=1S/C25H35N5/c1-6-29(7-2)16-10-15-27-24-20(14-13-18(3)4)19(5)21(17-26)25-28-22-11-8-9-12-23(22)30(24)25/h8-9,11-12,18H,6-7,10,13-16H2,1-5H3,(H,27,28)/p+2. The summed E-state index contributed by atoms with van der Waals surface area (Å²) in [5.41, 5.74) is 6.19. The van der Waals surface area contributed by atoms with Crippen LogP contribution in [0.5, 0.6) is 0 Å². The smallest absolute Gasteiger partial charge is 0.250 e. The van der Waals surface area contributed by atoms with Gasteiger partial charge in [-0.1, -0.05) is 26.0 Å². The largest absolute Gasteiger partial charge is 0.335 e. The number of aromatic nitrogens is 2. The van der Waals surface area contributed by atoms with Crippen LogP contribution < -0.4 is 14.6 Å². The Hall–Kier alpha value is -2.58. The van der Waals surface area contributed by atoms with E-state index in [9.17, 15) is 5.26 Å². The third kappa shape index (κ3) is 4.44. The SMILES string of the molecule is CC[NH+](CC)CCCNc1c(CCC(C)C)c(C)c(C#N)c2[nH]c3ccccc3[n+]12. The maximum atomic E-state index is 9.96. The second kappa shape index (κ2) is 9.95. The van der Waals surface area contributed by atoms with E-state index in [0.717, 1.165) is 59.4 Å². The van der Waals surface area contributed by atoms with Crippen LogP contribution >= 0.6 is 0 Å². The van der Waals surface area contributed by atoms with Gasteiger partial charge in [0.2, 0.25) is 11.5 Å². The molecule has 0 aliphatic heterocycles. The lowest BCUT2D eigenvalue weighted by molar-refractivity contribution is -0.896.